The smallest absolute Gasteiger partial charge is 0.494 e. The fraction of sp³-hybridized carbons (Fsp3) is 0.276. The molecule has 224 valence electrons. The summed E-state index contributed by atoms with van der Waals surface area (Å²) in [6.45, 7) is 2.02. The highest BCUT2D eigenvalue weighted by Crippen LogP contribution is 2.30. The van der Waals surface area contributed by atoms with E-state index >= 15 is 0 Å². The van der Waals surface area contributed by atoms with Crippen molar-refractivity contribution in [2.75, 3.05) is 6.61 Å². The molecule has 0 amide bonds. The number of ether oxygens (including phenoxy) is 1. The Morgan fingerprint density at radius 3 is 2.36 bits per heavy atom. The van der Waals surface area contributed by atoms with Gasteiger partial charge in [-0.1, -0.05) is 35.9 Å². The maximum atomic E-state index is 12.2. The monoisotopic (exact) mass is 613 g/mol. The molecule has 6 nitrogen and oxygen atoms in total. The summed E-state index contributed by atoms with van der Waals surface area (Å²) in [5.74, 6) is -0.851. The maximum absolute atomic E-state index is 12.2. The zero-order valence-electron chi connectivity index (χ0n) is 22.2. The van der Waals surface area contributed by atoms with Crippen LogP contribution in [0.25, 0.3) is 11.3 Å². The number of pyridine rings is 1. The second-order valence-corrected chi connectivity index (χ2v) is 9.49. The highest BCUT2D eigenvalue weighted by Gasteiger charge is 2.32. The summed E-state index contributed by atoms with van der Waals surface area (Å²) in [7, 11) is 0. The average Bonchev–Trinajstić information content (AvgIpc) is 3.43. The predicted molar refractivity (Wildman–Crippen MR) is 145 cm³/mol. The fourth-order valence-electron chi connectivity index (χ4n) is 3.91. The van der Waals surface area contributed by atoms with Crippen molar-refractivity contribution in [3.05, 3.63) is 100 Å². The van der Waals surface area contributed by atoms with Gasteiger partial charge >= 0.3 is 18.4 Å². The largest absolute Gasteiger partial charge is 0.504 e. The molecule has 42 heavy (non-hydrogen) atoms. The van der Waals surface area contributed by atoms with Gasteiger partial charge in [0.2, 0.25) is 0 Å². The number of hydrogen-bond acceptors (Lipinski definition) is 4. The molecule has 4 rings (SSSR count). The normalized spacial score (nSPS) is 11.5. The van der Waals surface area contributed by atoms with E-state index < -0.39 is 30.4 Å². The van der Waals surface area contributed by atoms with Gasteiger partial charge in [-0.05, 0) is 73.2 Å². The Bertz CT molecular complexity index is 1470. The molecule has 0 fully saturated rings. The van der Waals surface area contributed by atoms with E-state index in [4.69, 9.17) is 21.4 Å². The Morgan fingerprint density at radius 2 is 1.79 bits per heavy atom. The first-order valence-electron chi connectivity index (χ1n) is 12.6. The molecule has 0 aliphatic rings. The Balaban J connectivity index is 0.000000337. The number of carboxylic acids is 1. The molecular weight excluding hydrogens is 588 g/mol. The second kappa shape index (κ2) is 14.2. The first-order chi connectivity index (χ1) is 19.7. The molecule has 4 aromatic rings. The number of benzene rings is 2. The van der Waals surface area contributed by atoms with Crippen LogP contribution in [0.1, 0.15) is 39.9 Å². The molecule has 0 unspecified atom stereocenters. The Hall–Kier alpha value is -4.06. The van der Waals surface area contributed by atoms with Gasteiger partial charge in [0, 0.05) is 29.4 Å². The van der Waals surface area contributed by atoms with Crippen LogP contribution in [0.2, 0.25) is 5.02 Å². The highest BCUT2D eigenvalue weighted by molar-refractivity contribution is 6.31. The van der Waals surface area contributed by atoms with E-state index in [2.05, 4.69) is 10.1 Å². The lowest BCUT2D eigenvalue weighted by molar-refractivity contribution is -0.212. The summed E-state index contributed by atoms with van der Waals surface area (Å²) in [5, 5.41) is 11.8. The molecule has 0 radical (unpaired) electrons. The van der Waals surface area contributed by atoms with Gasteiger partial charge < -0.3 is 9.84 Å². The molecule has 0 spiro atoms. The highest BCUT2D eigenvalue weighted by atomic mass is 35.5. The first-order valence-corrected chi connectivity index (χ1v) is 13.0. The number of carboxylic acid groups (broad SMARTS) is 1. The number of aromatic carboxylic acids is 1. The van der Waals surface area contributed by atoms with Crippen molar-refractivity contribution < 1.29 is 41.0 Å². The first kappa shape index (κ1) is 32.5. The van der Waals surface area contributed by atoms with E-state index in [1.54, 1.807) is 6.20 Å². The van der Waals surface area contributed by atoms with E-state index in [9.17, 15) is 31.1 Å². The molecular formula is C29H26ClF6N3O3. The van der Waals surface area contributed by atoms with Crippen LogP contribution in [-0.4, -0.2) is 38.6 Å². The number of nitrogens with zero attached hydrogens (tertiary/aromatic N) is 3. The van der Waals surface area contributed by atoms with Crippen LogP contribution in [0.5, 0.6) is 5.75 Å². The summed E-state index contributed by atoms with van der Waals surface area (Å²) >= 11 is 6.49. The SMILES string of the molecule is Cc1cc(OCCCC(F)(F)F)ccc1CCc1c(Cl)cccc1-c1ccccn1.O=C(O)c1cnn(C(F)(F)F)c1. The lowest BCUT2D eigenvalue weighted by atomic mass is 9.96. The van der Waals surface area contributed by atoms with Gasteiger partial charge in [-0.3, -0.25) is 4.98 Å². The number of rotatable bonds is 9. The molecule has 2 heterocycles. The van der Waals surface area contributed by atoms with Crippen molar-refractivity contribution in [1.82, 2.24) is 14.8 Å². The van der Waals surface area contributed by atoms with Crippen LogP contribution in [0.15, 0.2) is 73.2 Å². The minimum atomic E-state index is -4.66. The molecule has 0 aliphatic heterocycles. The van der Waals surface area contributed by atoms with E-state index in [1.807, 2.05) is 61.5 Å². The third-order valence-corrected chi connectivity index (χ3v) is 6.33. The molecule has 0 saturated heterocycles. The Labute approximate surface area is 242 Å². The zero-order chi connectivity index (χ0) is 30.9. The number of halogens is 7. The van der Waals surface area contributed by atoms with Crippen molar-refractivity contribution in [1.29, 1.82) is 0 Å². The standard InChI is InChI=1S/C24H23ClF3NO.C5H3F3N2O2/c1-17-16-19(30-15-5-13-24(26,27)28)11-9-18(17)10-12-20-21(6-4-7-22(20)25)23-8-2-3-14-29-23;6-5(7,8)10-2-3(1-9-10)4(11)12/h2-4,6-9,11,14,16H,5,10,12-13,15H2,1H3;1-2H,(H,11,12). The van der Waals surface area contributed by atoms with E-state index in [1.165, 1.54) is 0 Å². The lowest BCUT2D eigenvalue weighted by Gasteiger charge is -2.14. The third kappa shape index (κ3) is 9.79. The second-order valence-electron chi connectivity index (χ2n) is 9.08. The summed E-state index contributed by atoms with van der Waals surface area (Å²) in [5.41, 5.74) is 4.64. The van der Waals surface area contributed by atoms with Crippen LogP contribution in [0.4, 0.5) is 26.3 Å². The number of hydrogen-bond donors (Lipinski definition) is 1. The number of carbonyl (C=O) groups is 1. The molecule has 0 bridgehead atoms. The minimum Gasteiger partial charge on any atom is -0.494 e. The molecule has 2 aromatic heterocycles. The van der Waals surface area contributed by atoms with Gasteiger partial charge in [0.05, 0.1) is 24.1 Å². The fourth-order valence-corrected chi connectivity index (χ4v) is 4.18. The molecule has 13 heteroatoms. The molecule has 0 aliphatic carbocycles. The summed E-state index contributed by atoms with van der Waals surface area (Å²) < 4.78 is 77.1. The Morgan fingerprint density at radius 1 is 1.02 bits per heavy atom. The summed E-state index contributed by atoms with van der Waals surface area (Å²) in [4.78, 5) is 14.6. The number of aryl methyl sites for hydroxylation is 2. The van der Waals surface area contributed by atoms with Gasteiger partial charge in [-0.2, -0.15) is 23.0 Å². The van der Waals surface area contributed by atoms with Gasteiger partial charge in [0.1, 0.15) is 5.75 Å². The maximum Gasteiger partial charge on any atom is 0.504 e. The van der Waals surface area contributed by atoms with E-state index in [0.717, 1.165) is 40.8 Å². The summed E-state index contributed by atoms with van der Waals surface area (Å²) in [6, 6.07) is 17.3. The number of alkyl halides is 6. The Kier molecular flexibility index (Phi) is 11.0. The van der Waals surface area contributed by atoms with Crippen LogP contribution in [0.3, 0.4) is 0 Å². The zero-order valence-corrected chi connectivity index (χ0v) is 23.0. The van der Waals surface area contributed by atoms with E-state index in [0.29, 0.717) is 23.2 Å². The van der Waals surface area contributed by atoms with Crippen molar-refractivity contribution in [2.24, 2.45) is 0 Å². The minimum absolute atomic E-state index is 0.0470. The quantitative estimate of drug-likeness (QED) is 0.152. The number of aromatic nitrogens is 3. The molecule has 0 saturated carbocycles. The molecule has 2 aromatic carbocycles. The van der Waals surface area contributed by atoms with Crippen LogP contribution in [0, 0.1) is 6.92 Å². The predicted octanol–water partition coefficient (Wildman–Crippen LogP) is 8.27. The van der Waals surface area contributed by atoms with Crippen molar-refractivity contribution in [3.63, 3.8) is 0 Å². The summed E-state index contributed by atoms with van der Waals surface area (Å²) in [6.07, 6.45) is -5.35. The average molecular weight is 614 g/mol. The van der Waals surface area contributed by atoms with Crippen LogP contribution in [-0.2, 0) is 19.1 Å². The van der Waals surface area contributed by atoms with Crippen molar-refractivity contribution in [3.8, 4) is 17.0 Å². The van der Waals surface area contributed by atoms with Crippen LogP contribution < -0.4 is 4.74 Å². The third-order valence-electron chi connectivity index (χ3n) is 5.98. The topological polar surface area (TPSA) is 77.2 Å². The van der Waals surface area contributed by atoms with Gasteiger partial charge in [-0.25, -0.2) is 4.79 Å². The van der Waals surface area contributed by atoms with Crippen LogP contribution >= 0.6 is 11.6 Å². The van der Waals surface area contributed by atoms with E-state index in [-0.39, 0.29) is 17.7 Å². The van der Waals surface area contributed by atoms with Gasteiger partial charge in [-0.15, -0.1) is 13.2 Å². The van der Waals surface area contributed by atoms with Crippen molar-refractivity contribution in [2.45, 2.75) is 45.1 Å². The van der Waals surface area contributed by atoms with Crippen molar-refractivity contribution >= 4 is 17.6 Å². The van der Waals surface area contributed by atoms with Gasteiger partial charge in [0.15, 0.2) is 0 Å². The molecule has 0 atom stereocenters. The lowest BCUT2D eigenvalue weighted by Crippen LogP contribution is -2.16. The molecule has 1 N–H and O–H groups in total. The van der Waals surface area contributed by atoms with Gasteiger partial charge in [0.25, 0.3) is 0 Å².